The van der Waals surface area contributed by atoms with E-state index in [-0.39, 0.29) is 24.3 Å². The van der Waals surface area contributed by atoms with Gasteiger partial charge in [-0.15, -0.1) is 0 Å². The summed E-state index contributed by atoms with van der Waals surface area (Å²) in [5.41, 5.74) is -0.524. The number of rotatable bonds is 2. The lowest BCUT2D eigenvalue weighted by Crippen LogP contribution is -2.54. The Morgan fingerprint density at radius 2 is 1.78 bits per heavy atom. The predicted octanol–water partition coefficient (Wildman–Crippen LogP) is 2.76. The van der Waals surface area contributed by atoms with Crippen LogP contribution >= 0.6 is 0 Å². The highest BCUT2D eigenvalue weighted by Gasteiger charge is 2.37. The number of hydrogen-bond acceptors (Lipinski definition) is 4. The van der Waals surface area contributed by atoms with Crippen molar-refractivity contribution in [1.82, 2.24) is 9.80 Å². The second-order valence-electron chi connectivity index (χ2n) is 7.45. The molecule has 0 aromatic heterocycles. The highest BCUT2D eigenvalue weighted by molar-refractivity contribution is 5.73. The SMILES string of the molecule is CC(=O)N1CCC(N(C(=O)OC(C)(C)C)C2CCCCO2)CC1. The summed E-state index contributed by atoms with van der Waals surface area (Å²) in [6.07, 6.45) is 4.01. The van der Waals surface area contributed by atoms with Gasteiger partial charge in [-0.3, -0.25) is 9.69 Å². The van der Waals surface area contributed by atoms with Crippen LogP contribution in [0.1, 0.15) is 59.8 Å². The molecule has 2 fully saturated rings. The van der Waals surface area contributed by atoms with E-state index in [4.69, 9.17) is 9.47 Å². The largest absolute Gasteiger partial charge is 0.444 e. The van der Waals surface area contributed by atoms with Gasteiger partial charge in [-0.05, 0) is 52.9 Å². The van der Waals surface area contributed by atoms with Crippen LogP contribution in [0.2, 0.25) is 0 Å². The van der Waals surface area contributed by atoms with Gasteiger partial charge < -0.3 is 14.4 Å². The lowest BCUT2D eigenvalue weighted by Gasteiger charge is -2.43. The maximum atomic E-state index is 12.7. The average Bonchev–Trinajstić information content (AvgIpc) is 2.47. The van der Waals surface area contributed by atoms with E-state index in [1.165, 1.54) is 0 Å². The zero-order chi connectivity index (χ0) is 17.0. The van der Waals surface area contributed by atoms with Gasteiger partial charge in [0.05, 0.1) is 0 Å². The van der Waals surface area contributed by atoms with Gasteiger partial charge in [-0.2, -0.15) is 0 Å². The molecule has 0 aromatic rings. The van der Waals surface area contributed by atoms with Crippen molar-refractivity contribution in [2.45, 2.75) is 77.7 Å². The van der Waals surface area contributed by atoms with Gasteiger partial charge >= 0.3 is 6.09 Å². The second-order valence-corrected chi connectivity index (χ2v) is 7.45. The monoisotopic (exact) mass is 326 g/mol. The summed E-state index contributed by atoms with van der Waals surface area (Å²) < 4.78 is 11.5. The summed E-state index contributed by atoms with van der Waals surface area (Å²) >= 11 is 0. The third-order valence-corrected chi connectivity index (χ3v) is 4.37. The number of carbonyl (C=O) groups excluding carboxylic acids is 2. The molecule has 0 spiro atoms. The molecule has 0 aromatic carbocycles. The van der Waals surface area contributed by atoms with Crippen molar-refractivity contribution < 1.29 is 19.1 Å². The normalized spacial score (nSPS) is 23.5. The Labute approximate surface area is 139 Å². The third kappa shape index (κ3) is 5.09. The molecule has 2 amide bonds. The fourth-order valence-corrected chi connectivity index (χ4v) is 3.22. The minimum atomic E-state index is -0.524. The van der Waals surface area contributed by atoms with E-state index in [2.05, 4.69) is 0 Å². The lowest BCUT2D eigenvalue weighted by atomic mass is 10.0. The molecule has 0 saturated carbocycles. The van der Waals surface area contributed by atoms with Gasteiger partial charge in [0.15, 0.2) is 0 Å². The summed E-state index contributed by atoms with van der Waals surface area (Å²) in [7, 11) is 0. The Bertz CT molecular complexity index is 419. The van der Waals surface area contributed by atoms with E-state index in [1.54, 1.807) is 11.8 Å². The molecule has 132 valence electrons. The molecule has 0 N–H and O–H groups in total. The van der Waals surface area contributed by atoms with Crippen LogP contribution in [-0.4, -0.2) is 59.4 Å². The Kier molecular flexibility index (Phi) is 5.89. The van der Waals surface area contributed by atoms with E-state index in [0.29, 0.717) is 19.7 Å². The first-order valence-electron chi connectivity index (χ1n) is 8.66. The van der Waals surface area contributed by atoms with Crippen molar-refractivity contribution in [1.29, 1.82) is 0 Å². The van der Waals surface area contributed by atoms with Crippen molar-refractivity contribution in [3.05, 3.63) is 0 Å². The fraction of sp³-hybridized carbons (Fsp3) is 0.882. The van der Waals surface area contributed by atoms with Crippen molar-refractivity contribution in [3.8, 4) is 0 Å². The van der Waals surface area contributed by atoms with Crippen LogP contribution < -0.4 is 0 Å². The van der Waals surface area contributed by atoms with Crippen LogP contribution in [0.3, 0.4) is 0 Å². The Balaban J connectivity index is 2.07. The van der Waals surface area contributed by atoms with Gasteiger partial charge in [-0.1, -0.05) is 0 Å². The molecule has 0 aliphatic carbocycles. The quantitative estimate of drug-likeness (QED) is 0.783. The lowest BCUT2D eigenvalue weighted by molar-refractivity contribution is -0.132. The standard InChI is InChI=1S/C17H30N2O4/c1-13(20)18-10-8-14(9-11-18)19(15-7-5-6-12-22-15)16(21)23-17(2,3)4/h14-15H,5-12H2,1-4H3. The second kappa shape index (κ2) is 7.51. The van der Waals surface area contributed by atoms with Crippen LogP contribution in [0.15, 0.2) is 0 Å². The third-order valence-electron chi connectivity index (χ3n) is 4.37. The van der Waals surface area contributed by atoms with Crippen LogP contribution in [0, 0.1) is 0 Å². The van der Waals surface area contributed by atoms with E-state index >= 15 is 0 Å². The molecule has 0 radical (unpaired) electrons. The van der Waals surface area contributed by atoms with Crippen LogP contribution in [0.25, 0.3) is 0 Å². The zero-order valence-corrected chi connectivity index (χ0v) is 14.8. The molecular weight excluding hydrogens is 296 g/mol. The van der Waals surface area contributed by atoms with Gasteiger partial charge in [-0.25, -0.2) is 4.79 Å². The average molecular weight is 326 g/mol. The summed E-state index contributed by atoms with van der Waals surface area (Å²) in [5.74, 6) is 0.0983. The number of likely N-dealkylation sites (tertiary alicyclic amines) is 1. The zero-order valence-electron chi connectivity index (χ0n) is 14.8. The molecule has 2 saturated heterocycles. The van der Waals surface area contributed by atoms with Gasteiger partial charge in [0.2, 0.25) is 5.91 Å². The summed E-state index contributed by atoms with van der Waals surface area (Å²) in [6.45, 7) is 9.29. The number of hydrogen-bond donors (Lipinski definition) is 0. The molecule has 1 unspecified atom stereocenters. The predicted molar refractivity (Wildman–Crippen MR) is 86.9 cm³/mol. The Morgan fingerprint density at radius 1 is 1.13 bits per heavy atom. The molecule has 6 nitrogen and oxygen atoms in total. The van der Waals surface area contributed by atoms with Crippen molar-refractivity contribution in [3.63, 3.8) is 0 Å². The smallest absolute Gasteiger partial charge is 0.412 e. The molecular formula is C17H30N2O4. The van der Waals surface area contributed by atoms with Crippen LogP contribution in [0.5, 0.6) is 0 Å². The summed E-state index contributed by atoms with van der Waals surface area (Å²) in [4.78, 5) is 27.8. The highest BCUT2D eigenvalue weighted by Crippen LogP contribution is 2.26. The highest BCUT2D eigenvalue weighted by atomic mass is 16.6. The van der Waals surface area contributed by atoms with Gasteiger partial charge in [0, 0.05) is 32.7 Å². The summed E-state index contributed by atoms with van der Waals surface area (Å²) in [6, 6.07) is 0.0727. The van der Waals surface area contributed by atoms with Crippen molar-refractivity contribution in [2.75, 3.05) is 19.7 Å². The van der Waals surface area contributed by atoms with E-state index in [0.717, 1.165) is 32.1 Å². The minimum Gasteiger partial charge on any atom is -0.444 e. The number of ether oxygens (including phenoxy) is 2. The van der Waals surface area contributed by atoms with E-state index < -0.39 is 5.60 Å². The maximum absolute atomic E-state index is 12.7. The Morgan fingerprint density at radius 3 is 2.26 bits per heavy atom. The minimum absolute atomic E-state index is 0.0727. The molecule has 2 aliphatic heterocycles. The van der Waals surface area contributed by atoms with Crippen LogP contribution in [-0.2, 0) is 14.3 Å². The number of nitrogens with zero attached hydrogens (tertiary/aromatic N) is 2. The van der Waals surface area contributed by atoms with Gasteiger partial charge in [0.25, 0.3) is 0 Å². The van der Waals surface area contributed by atoms with Gasteiger partial charge in [0.1, 0.15) is 11.8 Å². The topological polar surface area (TPSA) is 59.1 Å². The Hall–Kier alpha value is -1.30. The molecule has 0 bridgehead atoms. The number of carbonyl (C=O) groups is 2. The maximum Gasteiger partial charge on any atom is 0.412 e. The van der Waals surface area contributed by atoms with Crippen molar-refractivity contribution >= 4 is 12.0 Å². The molecule has 2 aliphatic rings. The van der Waals surface area contributed by atoms with E-state index in [1.807, 2.05) is 25.7 Å². The molecule has 2 heterocycles. The van der Waals surface area contributed by atoms with Crippen LogP contribution in [0.4, 0.5) is 4.79 Å². The first kappa shape index (κ1) is 18.0. The van der Waals surface area contributed by atoms with Crippen molar-refractivity contribution in [2.24, 2.45) is 0 Å². The molecule has 2 rings (SSSR count). The van der Waals surface area contributed by atoms with E-state index in [9.17, 15) is 9.59 Å². The fourth-order valence-electron chi connectivity index (χ4n) is 3.22. The molecule has 1 atom stereocenters. The number of piperidine rings is 1. The molecule has 23 heavy (non-hydrogen) atoms. The summed E-state index contributed by atoms with van der Waals surface area (Å²) in [5, 5.41) is 0. The first-order valence-corrected chi connectivity index (χ1v) is 8.66. The first-order chi connectivity index (χ1) is 10.8. The molecule has 6 heteroatoms. The number of amides is 2.